The van der Waals surface area contributed by atoms with Gasteiger partial charge in [-0.3, -0.25) is 4.79 Å². The van der Waals surface area contributed by atoms with Crippen LogP contribution in [0.25, 0.3) is 0 Å². The van der Waals surface area contributed by atoms with Crippen molar-refractivity contribution >= 4 is 37.5 Å². The van der Waals surface area contributed by atoms with Gasteiger partial charge >= 0.3 is 0 Å². The average Bonchev–Trinajstić information content (AvgIpc) is 2.76. The SMILES string of the molecule is CCOc1ccc(S(=O)(=O)N2CCC[C@@H](C(=O)Nc3c(C)cc(Br)cc3CC)C2)cc1C. The first-order valence-corrected chi connectivity index (χ1v) is 13.2. The van der Waals surface area contributed by atoms with E-state index in [4.69, 9.17) is 4.74 Å². The summed E-state index contributed by atoms with van der Waals surface area (Å²) in [5.41, 5.74) is 3.63. The van der Waals surface area contributed by atoms with E-state index in [0.29, 0.717) is 31.7 Å². The maximum atomic E-state index is 13.3. The Kier molecular flexibility index (Phi) is 8.01. The van der Waals surface area contributed by atoms with E-state index in [1.54, 1.807) is 18.2 Å². The van der Waals surface area contributed by atoms with Gasteiger partial charge < -0.3 is 10.1 Å². The number of carbonyl (C=O) groups excluding carboxylic acids is 1. The molecular formula is C24H31BrN2O4S. The second-order valence-electron chi connectivity index (χ2n) is 8.16. The highest BCUT2D eigenvalue weighted by Gasteiger charge is 2.34. The van der Waals surface area contributed by atoms with Gasteiger partial charge in [-0.2, -0.15) is 4.31 Å². The highest BCUT2D eigenvalue weighted by atomic mass is 79.9. The highest BCUT2D eigenvalue weighted by molar-refractivity contribution is 9.10. The molecule has 1 aliphatic rings. The molecule has 6 nitrogen and oxygen atoms in total. The fourth-order valence-electron chi connectivity index (χ4n) is 4.12. The molecule has 0 radical (unpaired) electrons. The van der Waals surface area contributed by atoms with Crippen LogP contribution in [0.3, 0.4) is 0 Å². The molecule has 1 fully saturated rings. The van der Waals surface area contributed by atoms with Gasteiger partial charge in [0.05, 0.1) is 17.4 Å². The van der Waals surface area contributed by atoms with E-state index in [2.05, 4.69) is 21.2 Å². The summed E-state index contributed by atoms with van der Waals surface area (Å²) in [4.78, 5) is 13.3. The van der Waals surface area contributed by atoms with Crippen LogP contribution in [0.2, 0.25) is 0 Å². The van der Waals surface area contributed by atoms with Crippen molar-refractivity contribution in [2.75, 3.05) is 25.0 Å². The number of ether oxygens (including phenoxy) is 1. The van der Waals surface area contributed by atoms with Gasteiger partial charge in [-0.15, -0.1) is 0 Å². The number of anilines is 1. The second-order valence-corrected chi connectivity index (χ2v) is 11.0. The normalized spacial score (nSPS) is 17.2. The molecule has 1 N–H and O–H groups in total. The lowest BCUT2D eigenvalue weighted by molar-refractivity contribution is -0.120. The zero-order valence-electron chi connectivity index (χ0n) is 19.1. The molecular weight excluding hydrogens is 492 g/mol. The van der Waals surface area contributed by atoms with Crippen LogP contribution in [0.15, 0.2) is 39.7 Å². The molecule has 32 heavy (non-hydrogen) atoms. The summed E-state index contributed by atoms with van der Waals surface area (Å²) < 4.78 is 34.5. The van der Waals surface area contributed by atoms with Crippen LogP contribution in [0.1, 0.15) is 43.4 Å². The minimum Gasteiger partial charge on any atom is -0.494 e. The van der Waals surface area contributed by atoms with Crippen molar-refractivity contribution in [3.8, 4) is 5.75 Å². The van der Waals surface area contributed by atoms with Crippen molar-refractivity contribution < 1.29 is 17.9 Å². The van der Waals surface area contributed by atoms with Crippen molar-refractivity contribution in [1.29, 1.82) is 0 Å². The topological polar surface area (TPSA) is 75.7 Å². The van der Waals surface area contributed by atoms with E-state index in [9.17, 15) is 13.2 Å². The molecule has 0 aromatic heterocycles. The maximum absolute atomic E-state index is 13.3. The van der Waals surface area contributed by atoms with Crippen LogP contribution >= 0.6 is 15.9 Å². The molecule has 1 amide bonds. The summed E-state index contributed by atoms with van der Waals surface area (Å²) in [5, 5.41) is 3.07. The maximum Gasteiger partial charge on any atom is 0.243 e. The van der Waals surface area contributed by atoms with Crippen LogP contribution in [-0.2, 0) is 21.2 Å². The molecule has 8 heteroatoms. The van der Waals surface area contributed by atoms with Crippen molar-refractivity contribution in [3.05, 3.63) is 51.5 Å². The number of amides is 1. The molecule has 1 aliphatic heterocycles. The number of halogens is 1. The number of nitrogens with zero attached hydrogens (tertiary/aromatic N) is 1. The Hall–Kier alpha value is -1.90. The van der Waals surface area contributed by atoms with Crippen molar-refractivity contribution in [2.24, 2.45) is 5.92 Å². The number of rotatable bonds is 7. The lowest BCUT2D eigenvalue weighted by Crippen LogP contribution is -2.43. The van der Waals surface area contributed by atoms with E-state index in [-0.39, 0.29) is 17.3 Å². The molecule has 0 aliphatic carbocycles. The number of nitrogens with one attached hydrogen (secondary N) is 1. The molecule has 174 valence electrons. The van der Waals surface area contributed by atoms with E-state index in [0.717, 1.165) is 33.3 Å². The monoisotopic (exact) mass is 522 g/mol. The predicted octanol–water partition coefficient (Wildman–Crippen LogP) is 5.07. The number of carbonyl (C=O) groups is 1. The van der Waals surface area contributed by atoms with Crippen molar-refractivity contribution in [2.45, 2.75) is 51.9 Å². The van der Waals surface area contributed by atoms with Gasteiger partial charge in [0.15, 0.2) is 0 Å². The Morgan fingerprint density at radius 2 is 1.94 bits per heavy atom. The largest absolute Gasteiger partial charge is 0.494 e. The molecule has 0 saturated carbocycles. The molecule has 3 rings (SSSR count). The third-order valence-electron chi connectivity index (χ3n) is 5.85. The zero-order chi connectivity index (χ0) is 23.5. The molecule has 1 atom stereocenters. The van der Waals surface area contributed by atoms with Crippen LogP contribution in [0.5, 0.6) is 5.75 Å². The molecule has 2 aromatic rings. The van der Waals surface area contributed by atoms with Crippen LogP contribution in [-0.4, -0.2) is 38.3 Å². The van der Waals surface area contributed by atoms with Gasteiger partial charge in [-0.25, -0.2) is 8.42 Å². The summed E-state index contributed by atoms with van der Waals surface area (Å²) in [6.45, 7) is 8.85. The number of benzene rings is 2. The van der Waals surface area contributed by atoms with E-state index in [1.807, 2.05) is 39.8 Å². The number of sulfonamides is 1. The summed E-state index contributed by atoms with van der Waals surface area (Å²) in [5.74, 6) is 0.155. The van der Waals surface area contributed by atoms with Crippen LogP contribution in [0.4, 0.5) is 5.69 Å². The Labute approximate surface area is 199 Å². The second kappa shape index (κ2) is 10.4. The first-order valence-electron chi connectivity index (χ1n) is 11.0. The van der Waals surface area contributed by atoms with Gasteiger partial charge in [0, 0.05) is 23.2 Å². The highest BCUT2D eigenvalue weighted by Crippen LogP contribution is 2.30. The molecule has 1 saturated heterocycles. The molecule has 0 unspecified atom stereocenters. The lowest BCUT2D eigenvalue weighted by Gasteiger charge is -2.31. The van der Waals surface area contributed by atoms with Gasteiger partial charge in [0.1, 0.15) is 5.75 Å². The summed E-state index contributed by atoms with van der Waals surface area (Å²) in [6, 6.07) is 8.90. The van der Waals surface area contributed by atoms with Crippen LogP contribution in [0, 0.1) is 19.8 Å². The van der Waals surface area contributed by atoms with Gasteiger partial charge in [-0.1, -0.05) is 22.9 Å². The Morgan fingerprint density at radius 3 is 2.59 bits per heavy atom. The minimum atomic E-state index is -3.69. The Bertz CT molecular complexity index is 1100. The molecule has 0 bridgehead atoms. The third-order valence-corrected chi connectivity index (χ3v) is 8.17. The average molecular weight is 523 g/mol. The fraction of sp³-hybridized carbons (Fsp3) is 0.458. The number of hydrogen-bond acceptors (Lipinski definition) is 4. The van der Waals surface area contributed by atoms with Crippen molar-refractivity contribution in [3.63, 3.8) is 0 Å². The van der Waals surface area contributed by atoms with E-state index in [1.165, 1.54) is 4.31 Å². The smallest absolute Gasteiger partial charge is 0.243 e. The molecule has 1 heterocycles. The molecule has 2 aromatic carbocycles. The fourth-order valence-corrected chi connectivity index (χ4v) is 6.35. The van der Waals surface area contributed by atoms with Gasteiger partial charge in [0.2, 0.25) is 15.9 Å². The summed E-state index contributed by atoms with van der Waals surface area (Å²) in [6.07, 6.45) is 2.10. The van der Waals surface area contributed by atoms with E-state index < -0.39 is 15.9 Å². The van der Waals surface area contributed by atoms with Crippen LogP contribution < -0.4 is 10.1 Å². The Morgan fingerprint density at radius 1 is 1.19 bits per heavy atom. The third kappa shape index (κ3) is 5.35. The molecule has 0 spiro atoms. The quantitative estimate of drug-likeness (QED) is 0.550. The van der Waals surface area contributed by atoms with E-state index >= 15 is 0 Å². The number of piperidine rings is 1. The number of hydrogen-bond donors (Lipinski definition) is 1. The lowest BCUT2D eigenvalue weighted by atomic mass is 9.98. The number of aryl methyl sites for hydroxylation is 3. The standard InChI is InChI=1S/C24H31BrN2O4S/c1-5-18-14-20(25)12-17(4)23(18)26-24(28)19-8-7-11-27(15-19)32(29,30)21-9-10-22(31-6-2)16(3)13-21/h9-10,12-14,19H,5-8,11,15H2,1-4H3,(H,26,28)/t19-/m1/s1. The first kappa shape index (κ1) is 24.7. The predicted molar refractivity (Wildman–Crippen MR) is 131 cm³/mol. The zero-order valence-corrected chi connectivity index (χ0v) is 21.5. The summed E-state index contributed by atoms with van der Waals surface area (Å²) in [7, 11) is -3.69. The Balaban J connectivity index is 1.78. The van der Waals surface area contributed by atoms with Crippen molar-refractivity contribution in [1.82, 2.24) is 4.31 Å². The van der Waals surface area contributed by atoms with Gasteiger partial charge in [0.25, 0.3) is 0 Å². The minimum absolute atomic E-state index is 0.132. The first-order chi connectivity index (χ1) is 15.2. The van der Waals surface area contributed by atoms with Gasteiger partial charge in [-0.05, 0) is 87.1 Å². The summed E-state index contributed by atoms with van der Waals surface area (Å²) >= 11 is 3.51.